The van der Waals surface area contributed by atoms with Crippen LogP contribution in [0.15, 0.2) is 24.3 Å². The summed E-state index contributed by atoms with van der Waals surface area (Å²) in [7, 11) is 0. The van der Waals surface area contributed by atoms with Gasteiger partial charge >= 0.3 is 6.03 Å². The zero-order valence-electron chi connectivity index (χ0n) is 11.4. The summed E-state index contributed by atoms with van der Waals surface area (Å²) in [6.45, 7) is 2.35. The predicted octanol–water partition coefficient (Wildman–Crippen LogP) is 1.95. The molecule has 0 atom stereocenters. The van der Waals surface area contributed by atoms with Crippen molar-refractivity contribution in [2.24, 2.45) is 0 Å². The van der Waals surface area contributed by atoms with Gasteiger partial charge in [-0.2, -0.15) is 0 Å². The van der Waals surface area contributed by atoms with Gasteiger partial charge in [0.25, 0.3) is 0 Å². The average molecular weight is 277 g/mol. The van der Waals surface area contributed by atoms with Crippen LogP contribution in [0, 0.1) is 0 Å². The maximum Gasteiger partial charge on any atom is 0.319 e. The zero-order chi connectivity index (χ0) is 14.4. The van der Waals surface area contributed by atoms with E-state index < -0.39 is 0 Å². The van der Waals surface area contributed by atoms with Gasteiger partial charge < -0.3 is 20.7 Å². The van der Waals surface area contributed by atoms with Crippen LogP contribution in [0.25, 0.3) is 0 Å². The highest BCUT2D eigenvalue weighted by Crippen LogP contribution is 2.19. The second-order valence-electron chi connectivity index (χ2n) is 4.64. The topological polar surface area (TPSA) is 79.5 Å². The first kappa shape index (κ1) is 14.3. The molecule has 108 valence electrons. The molecule has 0 aliphatic heterocycles. The van der Waals surface area contributed by atoms with Crippen LogP contribution in [-0.2, 0) is 9.53 Å². The highest BCUT2D eigenvalue weighted by Gasteiger charge is 2.23. The minimum Gasteiger partial charge on any atom is -0.372 e. The molecule has 3 amide bonds. The smallest absolute Gasteiger partial charge is 0.319 e. The number of benzene rings is 1. The molecule has 3 N–H and O–H groups in total. The van der Waals surface area contributed by atoms with E-state index >= 15 is 0 Å². The molecule has 6 nitrogen and oxygen atoms in total. The van der Waals surface area contributed by atoms with Crippen LogP contribution in [0.1, 0.15) is 19.8 Å². The lowest BCUT2D eigenvalue weighted by Crippen LogP contribution is -2.30. The summed E-state index contributed by atoms with van der Waals surface area (Å²) in [5, 5.41) is 8.28. The molecule has 1 fully saturated rings. The second kappa shape index (κ2) is 6.91. The SMILES string of the molecule is CCOCC(=O)Nc1cccc(NC(=O)NC2CC2)c1. The number of urea groups is 1. The van der Waals surface area contributed by atoms with E-state index in [1.54, 1.807) is 24.3 Å². The van der Waals surface area contributed by atoms with E-state index in [1.807, 2.05) is 6.92 Å². The maximum absolute atomic E-state index is 11.6. The van der Waals surface area contributed by atoms with E-state index in [1.165, 1.54) is 0 Å². The van der Waals surface area contributed by atoms with Crippen LogP contribution >= 0.6 is 0 Å². The van der Waals surface area contributed by atoms with E-state index in [0.717, 1.165) is 12.8 Å². The van der Waals surface area contributed by atoms with Crippen molar-refractivity contribution in [1.82, 2.24) is 5.32 Å². The van der Waals surface area contributed by atoms with Crippen molar-refractivity contribution in [2.45, 2.75) is 25.8 Å². The predicted molar refractivity (Wildman–Crippen MR) is 76.7 cm³/mol. The Labute approximate surface area is 117 Å². The highest BCUT2D eigenvalue weighted by molar-refractivity contribution is 5.94. The number of ether oxygens (including phenoxy) is 1. The van der Waals surface area contributed by atoms with Crippen molar-refractivity contribution < 1.29 is 14.3 Å². The number of carbonyl (C=O) groups excluding carboxylic acids is 2. The standard InChI is InChI=1S/C14H19N3O3/c1-2-20-9-13(18)15-11-4-3-5-12(8-11)17-14(19)16-10-6-7-10/h3-5,8,10H,2,6-7,9H2,1H3,(H,15,18)(H2,16,17,19). The van der Waals surface area contributed by atoms with Gasteiger partial charge in [0.2, 0.25) is 5.91 Å². The van der Waals surface area contributed by atoms with E-state index in [4.69, 9.17) is 4.74 Å². The van der Waals surface area contributed by atoms with Crippen molar-refractivity contribution >= 4 is 23.3 Å². The van der Waals surface area contributed by atoms with Crippen LogP contribution in [0.3, 0.4) is 0 Å². The fourth-order valence-electron chi connectivity index (χ4n) is 1.65. The molecular formula is C14H19N3O3. The van der Waals surface area contributed by atoms with Crippen molar-refractivity contribution in [3.8, 4) is 0 Å². The van der Waals surface area contributed by atoms with Gasteiger partial charge in [0, 0.05) is 24.0 Å². The van der Waals surface area contributed by atoms with Crippen LogP contribution in [-0.4, -0.2) is 31.2 Å². The maximum atomic E-state index is 11.6. The average Bonchev–Trinajstić information content (AvgIpc) is 3.20. The first-order valence-corrected chi connectivity index (χ1v) is 6.72. The van der Waals surface area contributed by atoms with Gasteiger partial charge in [-0.15, -0.1) is 0 Å². The molecule has 2 rings (SSSR count). The van der Waals surface area contributed by atoms with Crippen LogP contribution in [0.4, 0.5) is 16.2 Å². The van der Waals surface area contributed by atoms with Gasteiger partial charge in [-0.25, -0.2) is 4.79 Å². The number of hydrogen-bond acceptors (Lipinski definition) is 3. The Morgan fingerprint density at radius 2 is 1.95 bits per heavy atom. The number of anilines is 2. The van der Waals surface area contributed by atoms with Gasteiger partial charge in [0.1, 0.15) is 6.61 Å². The fourth-order valence-corrected chi connectivity index (χ4v) is 1.65. The molecule has 0 bridgehead atoms. The summed E-state index contributed by atoms with van der Waals surface area (Å²) in [4.78, 5) is 23.1. The molecule has 0 spiro atoms. The Hall–Kier alpha value is -2.08. The minimum atomic E-state index is -0.217. The zero-order valence-corrected chi connectivity index (χ0v) is 11.4. The van der Waals surface area contributed by atoms with Crippen molar-refractivity contribution in [3.05, 3.63) is 24.3 Å². The van der Waals surface area contributed by atoms with E-state index in [9.17, 15) is 9.59 Å². The van der Waals surface area contributed by atoms with Crippen molar-refractivity contribution in [1.29, 1.82) is 0 Å². The molecule has 1 aromatic rings. The van der Waals surface area contributed by atoms with Gasteiger partial charge in [0.05, 0.1) is 0 Å². The van der Waals surface area contributed by atoms with Gasteiger partial charge in [-0.05, 0) is 38.0 Å². The Bertz CT molecular complexity index is 486. The van der Waals surface area contributed by atoms with Crippen molar-refractivity contribution in [3.63, 3.8) is 0 Å². The summed E-state index contributed by atoms with van der Waals surface area (Å²) in [6, 6.07) is 7.09. The number of nitrogens with one attached hydrogen (secondary N) is 3. The summed E-state index contributed by atoms with van der Waals surface area (Å²) in [5.41, 5.74) is 1.26. The molecule has 0 radical (unpaired) electrons. The Morgan fingerprint density at radius 1 is 1.25 bits per heavy atom. The summed E-state index contributed by atoms with van der Waals surface area (Å²) in [5.74, 6) is -0.216. The number of rotatable bonds is 6. The first-order valence-electron chi connectivity index (χ1n) is 6.72. The van der Waals surface area contributed by atoms with E-state index in [0.29, 0.717) is 24.0 Å². The number of hydrogen-bond donors (Lipinski definition) is 3. The lowest BCUT2D eigenvalue weighted by molar-refractivity contribution is -0.120. The Kier molecular flexibility index (Phi) is 4.95. The third kappa shape index (κ3) is 4.89. The number of amides is 3. The molecule has 1 saturated carbocycles. The fraction of sp³-hybridized carbons (Fsp3) is 0.429. The Morgan fingerprint density at radius 3 is 2.60 bits per heavy atom. The third-order valence-corrected chi connectivity index (χ3v) is 2.75. The molecule has 0 heterocycles. The first-order chi connectivity index (χ1) is 9.67. The normalized spacial score (nSPS) is 13.7. The lowest BCUT2D eigenvalue weighted by atomic mass is 10.2. The molecular weight excluding hydrogens is 258 g/mol. The lowest BCUT2D eigenvalue weighted by Gasteiger charge is -2.09. The largest absolute Gasteiger partial charge is 0.372 e. The molecule has 0 saturated heterocycles. The molecule has 0 aromatic heterocycles. The molecule has 1 aromatic carbocycles. The van der Waals surface area contributed by atoms with Crippen molar-refractivity contribution in [2.75, 3.05) is 23.8 Å². The summed E-state index contributed by atoms with van der Waals surface area (Å²) in [6.07, 6.45) is 2.09. The van der Waals surface area contributed by atoms with Gasteiger partial charge in [-0.1, -0.05) is 6.07 Å². The highest BCUT2D eigenvalue weighted by atomic mass is 16.5. The molecule has 1 aliphatic carbocycles. The molecule has 0 unspecified atom stereocenters. The Balaban J connectivity index is 1.86. The van der Waals surface area contributed by atoms with E-state index in [-0.39, 0.29) is 18.5 Å². The van der Waals surface area contributed by atoms with Gasteiger partial charge in [0.15, 0.2) is 0 Å². The van der Waals surface area contributed by atoms with E-state index in [2.05, 4.69) is 16.0 Å². The number of carbonyl (C=O) groups is 2. The third-order valence-electron chi connectivity index (χ3n) is 2.75. The van der Waals surface area contributed by atoms with Crippen LogP contribution in [0.5, 0.6) is 0 Å². The molecule has 20 heavy (non-hydrogen) atoms. The van der Waals surface area contributed by atoms with Crippen LogP contribution in [0.2, 0.25) is 0 Å². The molecule has 6 heteroatoms. The summed E-state index contributed by atoms with van der Waals surface area (Å²) >= 11 is 0. The molecule has 1 aliphatic rings. The minimum absolute atomic E-state index is 0.0241. The second-order valence-corrected chi connectivity index (χ2v) is 4.64. The van der Waals surface area contributed by atoms with Crippen LogP contribution < -0.4 is 16.0 Å². The summed E-state index contributed by atoms with van der Waals surface area (Å²) < 4.78 is 5.02. The monoisotopic (exact) mass is 277 g/mol. The van der Waals surface area contributed by atoms with Gasteiger partial charge in [-0.3, -0.25) is 4.79 Å². The quantitative estimate of drug-likeness (QED) is 0.743.